The van der Waals surface area contributed by atoms with Gasteiger partial charge in [-0.1, -0.05) is 43.8 Å². The van der Waals surface area contributed by atoms with E-state index in [-0.39, 0.29) is 0 Å². The number of ether oxygens (including phenoxy) is 1. The summed E-state index contributed by atoms with van der Waals surface area (Å²) in [7, 11) is 0. The minimum absolute atomic E-state index is 0.673. The van der Waals surface area contributed by atoms with E-state index in [4.69, 9.17) is 4.74 Å². The third kappa shape index (κ3) is 2.25. The zero-order valence-corrected chi connectivity index (χ0v) is 11.5. The predicted octanol–water partition coefficient (Wildman–Crippen LogP) is 5.14. The fourth-order valence-corrected chi connectivity index (χ4v) is 3.10. The standard InChI is InChI=1S/C16H16OS/c1-11(2)9-12-7-8-16-14(10-12)17-13-5-3-4-6-15(13)18-16/h3-8,10-11H,9H2,1-2H3. The lowest BCUT2D eigenvalue weighted by atomic mass is 10.0. The molecule has 2 heteroatoms. The van der Waals surface area contributed by atoms with Crippen molar-refractivity contribution >= 4 is 11.8 Å². The van der Waals surface area contributed by atoms with Gasteiger partial charge in [0.15, 0.2) is 0 Å². The molecule has 0 aliphatic carbocycles. The summed E-state index contributed by atoms with van der Waals surface area (Å²) in [6.45, 7) is 4.48. The Balaban J connectivity index is 1.93. The summed E-state index contributed by atoms with van der Waals surface area (Å²) in [5, 5.41) is 0. The summed E-state index contributed by atoms with van der Waals surface area (Å²) in [6.07, 6.45) is 1.10. The second-order valence-electron chi connectivity index (χ2n) is 5.03. The van der Waals surface area contributed by atoms with Crippen LogP contribution in [-0.2, 0) is 6.42 Å². The SMILES string of the molecule is CC(C)Cc1ccc2c(c1)Oc1ccccc1S2. The molecule has 1 nitrogen and oxygen atoms in total. The van der Waals surface area contributed by atoms with Crippen molar-refractivity contribution in [2.75, 3.05) is 0 Å². The highest BCUT2D eigenvalue weighted by molar-refractivity contribution is 7.99. The first kappa shape index (κ1) is 11.7. The second-order valence-corrected chi connectivity index (χ2v) is 6.11. The number of rotatable bonds is 2. The van der Waals surface area contributed by atoms with Crippen molar-refractivity contribution in [3.63, 3.8) is 0 Å². The van der Waals surface area contributed by atoms with Gasteiger partial charge in [-0.3, -0.25) is 0 Å². The molecule has 0 N–H and O–H groups in total. The van der Waals surface area contributed by atoms with Gasteiger partial charge in [0.05, 0.1) is 9.79 Å². The van der Waals surface area contributed by atoms with Crippen molar-refractivity contribution in [3.8, 4) is 11.5 Å². The van der Waals surface area contributed by atoms with Gasteiger partial charge in [0, 0.05) is 0 Å². The maximum Gasteiger partial charge on any atom is 0.141 e. The van der Waals surface area contributed by atoms with Crippen molar-refractivity contribution in [2.45, 2.75) is 30.1 Å². The van der Waals surface area contributed by atoms with Crippen LogP contribution in [0.25, 0.3) is 0 Å². The predicted molar refractivity (Wildman–Crippen MR) is 75.6 cm³/mol. The van der Waals surface area contributed by atoms with Crippen LogP contribution in [0.2, 0.25) is 0 Å². The smallest absolute Gasteiger partial charge is 0.141 e. The van der Waals surface area contributed by atoms with Crippen LogP contribution in [0.4, 0.5) is 0 Å². The molecule has 0 fully saturated rings. The van der Waals surface area contributed by atoms with E-state index in [1.807, 2.05) is 18.2 Å². The lowest BCUT2D eigenvalue weighted by molar-refractivity contribution is 0.453. The summed E-state index contributed by atoms with van der Waals surface area (Å²) in [5.41, 5.74) is 1.35. The Kier molecular flexibility index (Phi) is 3.04. The van der Waals surface area contributed by atoms with Crippen LogP contribution in [0.5, 0.6) is 11.5 Å². The molecule has 1 heterocycles. The van der Waals surface area contributed by atoms with Gasteiger partial charge in [0.2, 0.25) is 0 Å². The molecular formula is C16H16OS. The molecule has 0 unspecified atom stereocenters. The molecule has 3 rings (SSSR count). The van der Waals surface area contributed by atoms with Gasteiger partial charge in [0.25, 0.3) is 0 Å². The summed E-state index contributed by atoms with van der Waals surface area (Å²) >= 11 is 1.79. The van der Waals surface area contributed by atoms with Gasteiger partial charge in [-0.25, -0.2) is 0 Å². The van der Waals surface area contributed by atoms with Crippen LogP contribution < -0.4 is 4.74 Å². The minimum atomic E-state index is 0.673. The number of para-hydroxylation sites is 1. The fraction of sp³-hybridized carbons (Fsp3) is 0.250. The van der Waals surface area contributed by atoms with Crippen molar-refractivity contribution < 1.29 is 4.74 Å². The summed E-state index contributed by atoms with van der Waals surface area (Å²) in [4.78, 5) is 2.41. The average molecular weight is 256 g/mol. The van der Waals surface area contributed by atoms with Crippen LogP contribution in [0.1, 0.15) is 19.4 Å². The van der Waals surface area contributed by atoms with Gasteiger partial charge < -0.3 is 4.74 Å². The highest BCUT2D eigenvalue weighted by atomic mass is 32.2. The van der Waals surface area contributed by atoms with Crippen LogP contribution in [0.15, 0.2) is 52.3 Å². The summed E-state index contributed by atoms with van der Waals surface area (Å²) < 4.78 is 5.98. The highest BCUT2D eigenvalue weighted by Crippen LogP contribution is 2.46. The Morgan fingerprint density at radius 1 is 1.00 bits per heavy atom. The molecule has 0 radical (unpaired) electrons. The van der Waals surface area contributed by atoms with Crippen molar-refractivity contribution in [3.05, 3.63) is 48.0 Å². The fourth-order valence-electron chi connectivity index (χ4n) is 2.17. The molecule has 92 valence electrons. The van der Waals surface area contributed by atoms with E-state index in [1.165, 1.54) is 15.4 Å². The molecule has 1 aliphatic rings. The molecule has 0 spiro atoms. The number of hydrogen-bond acceptors (Lipinski definition) is 2. The van der Waals surface area contributed by atoms with Crippen LogP contribution in [-0.4, -0.2) is 0 Å². The Hall–Kier alpha value is -1.41. The minimum Gasteiger partial charge on any atom is -0.455 e. The number of fused-ring (bicyclic) bond motifs is 2. The van der Waals surface area contributed by atoms with E-state index >= 15 is 0 Å². The van der Waals surface area contributed by atoms with E-state index in [1.54, 1.807) is 11.8 Å². The van der Waals surface area contributed by atoms with Crippen LogP contribution in [0.3, 0.4) is 0 Å². The molecule has 2 aromatic carbocycles. The van der Waals surface area contributed by atoms with E-state index < -0.39 is 0 Å². The van der Waals surface area contributed by atoms with E-state index in [9.17, 15) is 0 Å². The van der Waals surface area contributed by atoms with E-state index in [0.29, 0.717) is 5.92 Å². The zero-order chi connectivity index (χ0) is 12.5. The number of hydrogen-bond donors (Lipinski definition) is 0. The quantitative estimate of drug-likeness (QED) is 0.627. The molecule has 18 heavy (non-hydrogen) atoms. The van der Waals surface area contributed by atoms with Crippen molar-refractivity contribution in [2.24, 2.45) is 5.92 Å². The summed E-state index contributed by atoms with van der Waals surface area (Å²) in [5.74, 6) is 2.64. The molecule has 0 saturated heterocycles. The maximum atomic E-state index is 5.98. The van der Waals surface area contributed by atoms with Crippen molar-refractivity contribution in [1.82, 2.24) is 0 Å². The maximum absolute atomic E-state index is 5.98. The van der Waals surface area contributed by atoms with Crippen LogP contribution in [0, 0.1) is 5.92 Å². The number of benzene rings is 2. The van der Waals surface area contributed by atoms with Gasteiger partial charge in [-0.2, -0.15) is 0 Å². The largest absolute Gasteiger partial charge is 0.455 e. The first-order chi connectivity index (χ1) is 8.72. The zero-order valence-electron chi connectivity index (χ0n) is 10.6. The molecule has 2 aromatic rings. The highest BCUT2D eigenvalue weighted by Gasteiger charge is 2.17. The van der Waals surface area contributed by atoms with Gasteiger partial charge >= 0.3 is 0 Å². The average Bonchev–Trinajstić information content (AvgIpc) is 2.35. The summed E-state index contributed by atoms with van der Waals surface area (Å²) in [6, 6.07) is 14.8. The topological polar surface area (TPSA) is 9.23 Å². The Labute approximate surface area is 112 Å². The normalized spacial score (nSPS) is 12.8. The first-order valence-electron chi connectivity index (χ1n) is 6.30. The lowest BCUT2D eigenvalue weighted by Crippen LogP contribution is -1.98. The van der Waals surface area contributed by atoms with Gasteiger partial charge in [0.1, 0.15) is 11.5 Å². The second kappa shape index (κ2) is 4.69. The first-order valence-corrected chi connectivity index (χ1v) is 7.11. The van der Waals surface area contributed by atoms with E-state index in [0.717, 1.165) is 17.9 Å². The molecule has 0 bridgehead atoms. The third-order valence-corrected chi connectivity index (χ3v) is 4.06. The Morgan fingerprint density at radius 2 is 1.78 bits per heavy atom. The Morgan fingerprint density at radius 3 is 2.61 bits per heavy atom. The third-order valence-electron chi connectivity index (χ3n) is 2.94. The van der Waals surface area contributed by atoms with Gasteiger partial charge in [-0.05, 0) is 42.2 Å². The molecular weight excluding hydrogens is 240 g/mol. The molecule has 1 aliphatic heterocycles. The van der Waals surface area contributed by atoms with Gasteiger partial charge in [-0.15, -0.1) is 0 Å². The molecule has 0 aromatic heterocycles. The van der Waals surface area contributed by atoms with Crippen LogP contribution >= 0.6 is 11.8 Å². The molecule has 0 saturated carbocycles. The monoisotopic (exact) mass is 256 g/mol. The Bertz CT molecular complexity index is 575. The molecule has 0 atom stereocenters. The van der Waals surface area contributed by atoms with E-state index in [2.05, 4.69) is 38.1 Å². The lowest BCUT2D eigenvalue weighted by Gasteiger charge is -2.20. The van der Waals surface area contributed by atoms with Crippen molar-refractivity contribution in [1.29, 1.82) is 0 Å². The molecule has 0 amide bonds.